The van der Waals surface area contributed by atoms with E-state index in [2.05, 4.69) is 27.0 Å². The van der Waals surface area contributed by atoms with Gasteiger partial charge in [-0.2, -0.15) is 4.98 Å². The van der Waals surface area contributed by atoms with E-state index in [0.29, 0.717) is 40.5 Å². The summed E-state index contributed by atoms with van der Waals surface area (Å²) in [6, 6.07) is 11.9. The van der Waals surface area contributed by atoms with Crippen LogP contribution in [0.25, 0.3) is 16.4 Å². The van der Waals surface area contributed by atoms with Crippen LogP contribution in [0.5, 0.6) is 11.9 Å². The second kappa shape index (κ2) is 9.26. The first kappa shape index (κ1) is 23.8. The molecule has 1 aliphatic rings. The van der Waals surface area contributed by atoms with E-state index in [1.807, 2.05) is 57.2 Å². The van der Waals surface area contributed by atoms with Gasteiger partial charge >= 0.3 is 6.01 Å². The number of likely N-dealkylation sites (tertiary alicyclic amines) is 1. The first-order valence-electron chi connectivity index (χ1n) is 11.8. The molecule has 2 unspecified atom stereocenters. The van der Waals surface area contributed by atoms with E-state index in [9.17, 15) is 5.11 Å². The van der Waals surface area contributed by atoms with Crippen molar-refractivity contribution in [3.63, 3.8) is 0 Å². The summed E-state index contributed by atoms with van der Waals surface area (Å²) in [6.45, 7) is 7.35. The number of ether oxygens (including phenoxy) is 2. The fourth-order valence-electron chi connectivity index (χ4n) is 4.53. The number of hydrogen-bond acceptors (Lipinski definition) is 7. The van der Waals surface area contributed by atoms with Crippen LogP contribution in [0.4, 0.5) is 0 Å². The Morgan fingerprint density at radius 3 is 2.69 bits per heavy atom. The van der Waals surface area contributed by atoms with Gasteiger partial charge in [0.25, 0.3) is 5.88 Å². The van der Waals surface area contributed by atoms with Crippen molar-refractivity contribution in [2.75, 3.05) is 20.2 Å². The van der Waals surface area contributed by atoms with Gasteiger partial charge in [-0.05, 0) is 64.2 Å². The predicted octanol–water partition coefficient (Wildman–Crippen LogP) is 4.66. The van der Waals surface area contributed by atoms with Gasteiger partial charge in [0.05, 0.1) is 11.9 Å². The number of imidazole rings is 1. The van der Waals surface area contributed by atoms with Gasteiger partial charge in [0.15, 0.2) is 0 Å². The van der Waals surface area contributed by atoms with Crippen LogP contribution in [0, 0.1) is 0 Å². The van der Waals surface area contributed by atoms with E-state index in [1.54, 1.807) is 10.7 Å². The summed E-state index contributed by atoms with van der Waals surface area (Å²) in [5.41, 5.74) is 1.04. The second-order valence-corrected chi connectivity index (χ2v) is 10.4. The molecule has 4 aromatic rings. The van der Waals surface area contributed by atoms with Gasteiger partial charge in [0.1, 0.15) is 18.3 Å². The Kier molecular flexibility index (Phi) is 6.29. The molecular formula is C26H30ClN5O3. The molecule has 1 fully saturated rings. The highest BCUT2D eigenvalue weighted by Gasteiger charge is 2.26. The zero-order chi connectivity index (χ0) is 24.7. The maximum absolute atomic E-state index is 11.5. The zero-order valence-electron chi connectivity index (χ0n) is 20.4. The predicted molar refractivity (Wildman–Crippen MR) is 135 cm³/mol. The van der Waals surface area contributed by atoms with Gasteiger partial charge in [-0.1, -0.05) is 41.9 Å². The van der Waals surface area contributed by atoms with Crippen molar-refractivity contribution < 1.29 is 14.6 Å². The maximum atomic E-state index is 11.5. The van der Waals surface area contributed by atoms with Crippen LogP contribution in [0.15, 0.2) is 42.6 Å². The molecule has 0 aliphatic carbocycles. The lowest BCUT2D eigenvalue weighted by Crippen LogP contribution is -2.31. The molecule has 2 aromatic heterocycles. The number of aromatic nitrogens is 4. The van der Waals surface area contributed by atoms with Crippen molar-refractivity contribution in [3.8, 4) is 11.9 Å². The lowest BCUT2D eigenvalue weighted by atomic mass is 9.99. The highest BCUT2D eigenvalue weighted by Crippen LogP contribution is 2.34. The van der Waals surface area contributed by atoms with E-state index in [4.69, 9.17) is 21.1 Å². The summed E-state index contributed by atoms with van der Waals surface area (Å²) >= 11 is 6.52. The van der Waals surface area contributed by atoms with E-state index in [0.717, 1.165) is 30.2 Å². The summed E-state index contributed by atoms with van der Waals surface area (Å²) in [4.78, 5) is 11.3. The Morgan fingerprint density at radius 1 is 1.20 bits per heavy atom. The molecule has 0 amide bonds. The highest BCUT2D eigenvalue weighted by molar-refractivity contribution is 6.35. The molecule has 0 saturated carbocycles. The first-order chi connectivity index (χ1) is 16.7. The van der Waals surface area contributed by atoms with E-state index in [1.165, 1.54) is 0 Å². The third kappa shape index (κ3) is 4.78. The smallest absolute Gasteiger partial charge is 0.337 e. The number of fused-ring (bicyclic) bond motifs is 2. The molecule has 3 heterocycles. The van der Waals surface area contributed by atoms with Gasteiger partial charge in [-0.15, -0.1) is 5.10 Å². The number of nitrogens with zero attached hydrogens (tertiary/aromatic N) is 5. The van der Waals surface area contributed by atoms with Gasteiger partial charge in [-0.3, -0.25) is 0 Å². The lowest BCUT2D eigenvalue weighted by Gasteiger charge is -2.22. The first-order valence-corrected chi connectivity index (χ1v) is 12.2. The number of halogens is 1. The van der Waals surface area contributed by atoms with Crippen molar-refractivity contribution in [1.82, 2.24) is 24.5 Å². The second-order valence-electron chi connectivity index (χ2n) is 10.0. The van der Waals surface area contributed by atoms with Gasteiger partial charge in [0, 0.05) is 16.5 Å². The Bertz CT molecular complexity index is 1360. The van der Waals surface area contributed by atoms with Crippen molar-refractivity contribution >= 4 is 28.0 Å². The molecule has 5 rings (SSSR count). The van der Waals surface area contributed by atoms with Crippen LogP contribution in [0.2, 0.25) is 5.02 Å². The topological polar surface area (TPSA) is 85.0 Å². The van der Waals surface area contributed by atoms with Gasteiger partial charge in [0.2, 0.25) is 5.65 Å². The molecular weight excluding hydrogens is 466 g/mol. The number of hydrogen-bond donors (Lipinski definition) is 1. The highest BCUT2D eigenvalue weighted by atomic mass is 35.5. The fraction of sp³-hybridized carbons (Fsp3) is 0.423. The average molecular weight is 496 g/mol. The Hall–Kier alpha value is -2.94. The molecule has 9 heteroatoms. The zero-order valence-corrected chi connectivity index (χ0v) is 21.2. The Balaban J connectivity index is 1.58. The third-order valence-corrected chi connectivity index (χ3v) is 6.59. The largest absolute Gasteiger partial charge is 0.469 e. The molecule has 0 bridgehead atoms. The normalized spacial score (nSPS) is 17.8. The van der Waals surface area contributed by atoms with E-state index in [-0.39, 0.29) is 6.01 Å². The molecule has 8 nitrogen and oxygen atoms in total. The number of benzene rings is 2. The van der Waals surface area contributed by atoms with Gasteiger partial charge in [-0.25, -0.2) is 9.50 Å². The van der Waals surface area contributed by atoms with E-state index < -0.39 is 11.7 Å². The third-order valence-electron chi connectivity index (χ3n) is 6.28. The molecule has 2 aromatic carbocycles. The van der Waals surface area contributed by atoms with Crippen LogP contribution < -0.4 is 9.47 Å². The standard InChI is InChI=1S/C26H30ClN5O3/c1-26(2,3)35-24-23-28-14-20(22(33)18-11-5-8-16-9-6-12-19(27)21(16)18)32(23)30-25(29-24)34-15-17-10-7-13-31(17)4/h5-6,8-9,11-12,14,17,22,33H,7,10,13,15H2,1-4H3. The Morgan fingerprint density at radius 2 is 1.97 bits per heavy atom. The molecule has 1 aliphatic heterocycles. The van der Waals surface area contributed by atoms with Crippen molar-refractivity contribution in [3.05, 3.63) is 58.9 Å². The number of rotatable bonds is 6. The molecule has 184 valence electrons. The Labute approximate surface area is 209 Å². The number of likely N-dealkylation sites (N-methyl/N-ethyl adjacent to an activating group) is 1. The SMILES string of the molecule is CN1CCCC1COc1nc(OC(C)(C)C)c2ncc(C(O)c3cccc4cccc(Cl)c34)n2n1. The van der Waals surface area contributed by atoms with Crippen molar-refractivity contribution in [2.24, 2.45) is 0 Å². The summed E-state index contributed by atoms with van der Waals surface area (Å²) in [7, 11) is 2.10. The minimum absolute atomic E-state index is 0.180. The quantitative estimate of drug-likeness (QED) is 0.416. The molecule has 2 atom stereocenters. The summed E-state index contributed by atoms with van der Waals surface area (Å²) in [5, 5.41) is 18.4. The molecule has 1 N–H and O–H groups in total. The summed E-state index contributed by atoms with van der Waals surface area (Å²) in [5.74, 6) is 0.302. The van der Waals surface area contributed by atoms with Crippen molar-refractivity contribution in [1.29, 1.82) is 0 Å². The fourth-order valence-corrected chi connectivity index (χ4v) is 4.82. The molecule has 1 saturated heterocycles. The summed E-state index contributed by atoms with van der Waals surface area (Å²) < 4.78 is 13.7. The number of aliphatic hydroxyl groups excluding tert-OH is 1. The average Bonchev–Trinajstić information content (AvgIpc) is 3.42. The van der Waals surface area contributed by atoms with Crippen molar-refractivity contribution in [2.45, 2.75) is 51.4 Å². The van der Waals surface area contributed by atoms with E-state index >= 15 is 0 Å². The van der Waals surface area contributed by atoms with Crippen LogP contribution >= 0.6 is 11.6 Å². The van der Waals surface area contributed by atoms with Crippen LogP contribution in [-0.2, 0) is 0 Å². The van der Waals surface area contributed by atoms with Gasteiger partial charge < -0.3 is 19.5 Å². The van der Waals surface area contributed by atoms with Crippen LogP contribution in [0.3, 0.4) is 0 Å². The molecule has 0 spiro atoms. The molecule has 0 radical (unpaired) electrons. The maximum Gasteiger partial charge on any atom is 0.337 e. The minimum Gasteiger partial charge on any atom is -0.469 e. The monoisotopic (exact) mass is 495 g/mol. The van der Waals surface area contributed by atoms with Crippen LogP contribution in [0.1, 0.15) is 51.0 Å². The summed E-state index contributed by atoms with van der Waals surface area (Å²) in [6.07, 6.45) is 2.78. The lowest BCUT2D eigenvalue weighted by molar-refractivity contribution is 0.121. The number of aliphatic hydroxyl groups is 1. The minimum atomic E-state index is -1.03. The van der Waals surface area contributed by atoms with Crippen LogP contribution in [-0.4, -0.2) is 61.4 Å². The molecule has 35 heavy (non-hydrogen) atoms.